The monoisotopic (exact) mass is 250 g/mol. The van der Waals surface area contributed by atoms with Gasteiger partial charge in [-0.3, -0.25) is 4.79 Å². The minimum absolute atomic E-state index is 0.0174. The van der Waals surface area contributed by atoms with Crippen molar-refractivity contribution in [2.24, 2.45) is 35.5 Å². The van der Waals surface area contributed by atoms with Gasteiger partial charge in [0.15, 0.2) is 0 Å². The molecule has 3 rings (SSSR count). The predicted molar refractivity (Wildman–Crippen MR) is 70.9 cm³/mol. The van der Waals surface area contributed by atoms with Gasteiger partial charge in [0.05, 0.1) is 12.5 Å². The zero-order chi connectivity index (χ0) is 12.7. The Morgan fingerprint density at radius 3 is 2.72 bits per heavy atom. The van der Waals surface area contributed by atoms with E-state index in [-0.39, 0.29) is 11.9 Å². The van der Waals surface area contributed by atoms with Gasteiger partial charge in [0.2, 0.25) is 0 Å². The molecule has 5 atom stereocenters. The van der Waals surface area contributed by atoms with Crippen LogP contribution in [0.25, 0.3) is 0 Å². The number of hydrogen-bond donors (Lipinski definition) is 0. The minimum atomic E-state index is -0.0301. The zero-order valence-corrected chi connectivity index (χ0v) is 11.7. The summed E-state index contributed by atoms with van der Waals surface area (Å²) in [6.07, 6.45) is 8.45. The summed E-state index contributed by atoms with van der Waals surface area (Å²) < 4.78 is 5.36. The fourth-order valence-electron chi connectivity index (χ4n) is 5.03. The second kappa shape index (κ2) is 4.86. The molecule has 2 heteroatoms. The molecule has 0 N–H and O–H groups in total. The maximum Gasteiger partial charge on any atom is 0.308 e. The van der Waals surface area contributed by atoms with Crippen molar-refractivity contribution in [3.8, 4) is 0 Å². The Morgan fingerprint density at radius 2 is 1.94 bits per heavy atom. The molecule has 3 saturated carbocycles. The van der Waals surface area contributed by atoms with E-state index < -0.39 is 0 Å². The maximum atomic E-state index is 11.4. The Labute approximate surface area is 110 Å². The summed E-state index contributed by atoms with van der Waals surface area (Å²) in [7, 11) is 0. The van der Waals surface area contributed by atoms with E-state index in [9.17, 15) is 4.79 Å². The van der Waals surface area contributed by atoms with Crippen LogP contribution in [0.2, 0.25) is 0 Å². The third-order valence-electron chi connectivity index (χ3n) is 5.78. The highest BCUT2D eigenvalue weighted by atomic mass is 16.5. The molecule has 0 heterocycles. The van der Waals surface area contributed by atoms with E-state index in [1.165, 1.54) is 32.1 Å². The molecule has 0 saturated heterocycles. The molecule has 2 bridgehead atoms. The lowest BCUT2D eigenvalue weighted by molar-refractivity contribution is -0.147. The van der Waals surface area contributed by atoms with E-state index in [4.69, 9.17) is 4.74 Å². The van der Waals surface area contributed by atoms with Crippen molar-refractivity contribution in [3.63, 3.8) is 0 Å². The molecule has 5 unspecified atom stereocenters. The largest absolute Gasteiger partial charge is 0.465 e. The molecule has 18 heavy (non-hydrogen) atoms. The molecule has 0 amide bonds. The van der Waals surface area contributed by atoms with E-state index in [1.54, 1.807) is 0 Å². The molecule has 3 aliphatic carbocycles. The fraction of sp³-hybridized carbons (Fsp3) is 0.938. The highest BCUT2D eigenvalue weighted by molar-refractivity contribution is 5.71. The molecule has 0 aromatic carbocycles. The van der Waals surface area contributed by atoms with Gasteiger partial charge in [-0.05, 0) is 68.1 Å². The van der Waals surface area contributed by atoms with E-state index in [0.29, 0.717) is 6.61 Å². The average Bonchev–Trinajstić information content (AvgIpc) is 3.00. The van der Waals surface area contributed by atoms with Gasteiger partial charge < -0.3 is 4.74 Å². The molecule has 0 radical (unpaired) electrons. The van der Waals surface area contributed by atoms with Crippen LogP contribution >= 0.6 is 0 Å². The van der Waals surface area contributed by atoms with E-state index in [1.807, 2.05) is 13.8 Å². The van der Waals surface area contributed by atoms with Gasteiger partial charge in [0.25, 0.3) is 0 Å². The maximum absolute atomic E-state index is 11.4. The first kappa shape index (κ1) is 12.5. The molecule has 102 valence electrons. The average molecular weight is 250 g/mol. The highest BCUT2D eigenvalue weighted by Gasteiger charge is 2.52. The van der Waals surface area contributed by atoms with E-state index in [2.05, 4.69) is 0 Å². The van der Waals surface area contributed by atoms with Crippen molar-refractivity contribution >= 4 is 5.97 Å². The van der Waals surface area contributed by atoms with Crippen LogP contribution in [0.5, 0.6) is 0 Å². The first-order valence-electron chi connectivity index (χ1n) is 7.83. The number of esters is 1. The first-order valence-corrected chi connectivity index (χ1v) is 7.83. The summed E-state index contributed by atoms with van der Waals surface area (Å²) in [4.78, 5) is 11.4. The quantitative estimate of drug-likeness (QED) is 0.712. The van der Waals surface area contributed by atoms with Crippen molar-refractivity contribution < 1.29 is 9.53 Å². The third kappa shape index (κ3) is 2.08. The summed E-state index contributed by atoms with van der Waals surface area (Å²) in [5.41, 5.74) is 0. The van der Waals surface area contributed by atoms with Crippen LogP contribution in [0.15, 0.2) is 0 Å². The van der Waals surface area contributed by atoms with Crippen molar-refractivity contribution in [2.75, 3.05) is 6.61 Å². The Balaban J connectivity index is 1.48. The standard InChI is InChI=1S/C16H26O2/c1-10(2)16(17)18-8-7-11-5-6-14-12-3-4-13(9-12)15(11)14/h10-15H,3-9H2,1-2H3. The number of ether oxygens (including phenoxy) is 1. The summed E-state index contributed by atoms with van der Waals surface area (Å²) in [6.45, 7) is 4.47. The molecule has 0 aromatic heterocycles. The molecule has 0 aliphatic heterocycles. The van der Waals surface area contributed by atoms with Crippen molar-refractivity contribution in [3.05, 3.63) is 0 Å². The summed E-state index contributed by atoms with van der Waals surface area (Å²) in [5.74, 6) is 4.94. The Kier molecular flexibility index (Phi) is 3.38. The molecule has 3 aliphatic rings. The summed E-state index contributed by atoms with van der Waals surface area (Å²) in [6, 6.07) is 0. The fourth-order valence-corrected chi connectivity index (χ4v) is 5.03. The third-order valence-corrected chi connectivity index (χ3v) is 5.78. The first-order chi connectivity index (χ1) is 8.66. The molecule has 0 aromatic rings. The normalized spacial score (nSPS) is 41.4. The van der Waals surface area contributed by atoms with Gasteiger partial charge in [-0.1, -0.05) is 13.8 Å². The van der Waals surface area contributed by atoms with E-state index in [0.717, 1.165) is 36.0 Å². The van der Waals surface area contributed by atoms with Gasteiger partial charge in [0, 0.05) is 0 Å². The molecular formula is C16H26O2. The lowest BCUT2D eigenvalue weighted by Gasteiger charge is -2.29. The second-order valence-electron chi connectivity index (χ2n) is 7.02. The van der Waals surface area contributed by atoms with Crippen molar-refractivity contribution in [2.45, 2.75) is 52.4 Å². The van der Waals surface area contributed by atoms with E-state index >= 15 is 0 Å². The predicted octanol–water partition coefficient (Wildman–Crippen LogP) is 3.65. The van der Waals surface area contributed by atoms with Gasteiger partial charge in [-0.2, -0.15) is 0 Å². The lowest BCUT2D eigenvalue weighted by Crippen LogP contribution is -2.23. The smallest absolute Gasteiger partial charge is 0.308 e. The Morgan fingerprint density at radius 1 is 1.17 bits per heavy atom. The second-order valence-corrected chi connectivity index (χ2v) is 7.02. The number of carbonyl (C=O) groups is 1. The molecule has 3 fully saturated rings. The highest BCUT2D eigenvalue weighted by Crippen LogP contribution is 2.61. The summed E-state index contributed by atoms with van der Waals surface area (Å²) in [5, 5.41) is 0. The Hall–Kier alpha value is -0.530. The molecular weight excluding hydrogens is 224 g/mol. The Bertz CT molecular complexity index is 323. The number of rotatable bonds is 4. The molecule has 0 spiro atoms. The van der Waals surface area contributed by atoms with Crippen molar-refractivity contribution in [1.29, 1.82) is 0 Å². The van der Waals surface area contributed by atoms with Crippen molar-refractivity contribution in [1.82, 2.24) is 0 Å². The number of fused-ring (bicyclic) bond motifs is 5. The van der Waals surface area contributed by atoms with Crippen LogP contribution in [0.3, 0.4) is 0 Å². The lowest BCUT2D eigenvalue weighted by atomic mass is 9.77. The zero-order valence-electron chi connectivity index (χ0n) is 11.7. The van der Waals surface area contributed by atoms with Crippen LogP contribution in [-0.4, -0.2) is 12.6 Å². The molecule has 2 nitrogen and oxygen atoms in total. The summed E-state index contributed by atoms with van der Waals surface area (Å²) >= 11 is 0. The number of carbonyl (C=O) groups excluding carboxylic acids is 1. The van der Waals surface area contributed by atoms with Gasteiger partial charge in [-0.15, -0.1) is 0 Å². The SMILES string of the molecule is CC(C)C(=O)OCCC1CCC2C3CCC(C3)C12. The van der Waals surface area contributed by atoms with Crippen LogP contribution in [0.4, 0.5) is 0 Å². The topological polar surface area (TPSA) is 26.3 Å². The van der Waals surface area contributed by atoms with Gasteiger partial charge >= 0.3 is 5.97 Å². The van der Waals surface area contributed by atoms with Crippen LogP contribution < -0.4 is 0 Å². The van der Waals surface area contributed by atoms with Gasteiger partial charge in [0.1, 0.15) is 0 Å². The van der Waals surface area contributed by atoms with Crippen LogP contribution in [0, 0.1) is 35.5 Å². The van der Waals surface area contributed by atoms with Crippen LogP contribution in [0.1, 0.15) is 52.4 Å². The minimum Gasteiger partial charge on any atom is -0.465 e. The van der Waals surface area contributed by atoms with Crippen LogP contribution in [-0.2, 0) is 9.53 Å². The number of hydrogen-bond acceptors (Lipinski definition) is 2. The van der Waals surface area contributed by atoms with Gasteiger partial charge in [-0.25, -0.2) is 0 Å².